The van der Waals surface area contributed by atoms with Crippen molar-refractivity contribution in [2.24, 2.45) is 0 Å². The molecule has 1 unspecified atom stereocenters. The highest BCUT2D eigenvalue weighted by molar-refractivity contribution is 7.80. The molecule has 0 fully saturated rings. The lowest BCUT2D eigenvalue weighted by Gasteiger charge is -2.15. The fraction of sp³-hybridized carbons (Fsp3) is 0.800. The van der Waals surface area contributed by atoms with E-state index in [0.717, 1.165) is 19.4 Å². The largest absolute Gasteiger partial charge is 0.464 e. The fourth-order valence-electron chi connectivity index (χ4n) is 0.953. The first-order chi connectivity index (χ1) is 7.11. The van der Waals surface area contributed by atoms with E-state index in [4.69, 9.17) is 17.0 Å². The topological polar surface area (TPSA) is 50.4 Å². The Balaban J connectivity index is 3.70. The highest BCUT2D eigenvalue weighted by Crippen LogP contribution is 1.88. The number of nitrogens with one attached hydrogen (secondary N) is 2. The monoisotopic (exact) mass is 232 g/mol. The summed E-state index contributed by atoms with van der Waals surface area (Å²) < 4.78 is 4.84. The van der Waals surface area contributed by atoms with E-state index in [1.165, 1.54) is 0 Å². The van der Waals surface area contributed by atoms with Crippen LogP contribution in [0.1, 0.15) is 33.6 Å². The van der Waals surface area contributed by atoms with Gasteiger partial charge in [0.1, 0.15) is 6.04 Å². The van der Waals surface area contributed by atoms with Crippen LogP contribution in [-0.2, 0) is 9.53 Å². The second kappa shape index (κ2) is 8.47. The van der Waals surface area contributed by atoms with Gasteiger partial charge in [0.25, 0.3) is 0 Å². The molecule has 0 radical (unpaired) electrons. The van der Waals surface area contributed by atoms with Crippen molar-refractivity contribution in [2.45, 2.75) is 39.7 Å². The van der Waals surface area contributed by atoms with Crippen LogP contribution in [0.3, 0.4) is 0 Å². The van der Waals surface area contributed by atoms with Gasteiger partial charge in [-0.05, 0) is 32.5 Å². The molecule has 0 bridgehead atoms. The maximum atomic E-state index is 11.2. The number of hydrogen-bond donors (Lipinski definition) is 2. The van der Waals surface area contributed by atoms with E-state index in [9.17, 15) is 4.79 Å². The SMILES string of the molecule is CCCCNC(=S)NC(C)C(=O)OCC. The molecule has 15 heavy (non-hydrogen) atoms. The van der Waals surface area contributed by atoms with Gasteiger partial charge in [-0.15, -0.1) is 0 Å². The van der Waals surface area contributed by atoms with Crippen LogP contribution in [-0.4, -0.2) is 30.3 Å². The van der Waals surface area contributed by atoms with Crippen LogP contribution in [0.4, 0.5) is 0 Å². The van der Waals surface area contributed by atoms with Crippen molar-refractivity contribution in [2.75, 3.05) is 13.2 Å². The lowest BCUT2D eigenvalue weighted by atomic mass is 10.3. The molecule has 0 rings (SSSR count). The number of carbonyl (C=O) groups is 1. The molecule has 0 aliphatic heterocycles. The van der Waals surface area contributed by atoms with Gasteiger partial charge < -0.3 is 15.4 Å². The smallest absolute Gasteiger partial charge is 0.328 e. The minimum absolute atomic E-state index is 0.280. The Bertz CT molecular complexity index is 210. The number of hydrogen-bond acceptors (Lipinski definition) is 3. The Kier molecular flexibility index (Phi) is 7.99. The van der Waals surface area contributed by atoms with Crippen molar-refractivity contribution >= 4 is 23.3 Å². The molecule has 0 aromatic heterocycles. The molecular formula is C10H20N2O2S. The Morgan fingerprint density at radius 3 is 2.67 bits per heavy atom. The molecule has 0 aliphatic rings. The van der Waals surface area contributed by atoms with E-state index < -0.39 is 6.04 Å². The minimum atomic E-state index is -0.397. The normalized spacial score (nSPS) is 11.7. The van der Waals surface area contributed by atoms with Crippen LogP contribution in [0.25, 0.3) is 0 Å². The van der Waals surface area contributed by atoms with Gasteiger partial charge in [0.15, 0.2) is 5.11 Å². The van der Waals surface area contributed by atoms with Crippen LogP contribution in [0.15, 0.2) is 0 Å². The molecule has 0 aliphatic carbocycles. The summed E-state index contributed by atoms with van der Waals surface area (Å²) in [6.07, 6.45) is 2.18. The zero-order chi connectivity index (χ0) is 11.7. The molecule has 0 aromatic carbocycles. The first kappa shape index (κ1) is 14.2. The first-order valence-electron chi connectivity index (χ1n) is 5.32. The molecule has 88 valence electrons. The van der Waals surface area contributed by atoms with Gasteiger partial charge in [-0.3, -0.25) is 0 Å². The Labute approximate surface area is 96.8 Å². The maximum Gasteiger partial charge on any atom is 0.328 e. The van der Waals surface area contributed by atoms with E-state index in [1.54, 1.807) is 13.8 Å². The third-order valence-corrected chi connectivity index (χ3v) is 2.07. The number of esters is 1. The lowest BCUT2D eigenvalue weighted by molar-refractivity contribution is -0.144. The molecule has 0 saturated heterocycles. The van der Waals surface area contributed by atoms with Crippen LogP contribution in [0, 0.1) is 0 Å². The van der Waals surface area contributed by atoms with E-state index in [0.29, 0.717) is 11.7 Å². The Morgan fingerprint density at radius 1 is 1.47 bits per heavy atom. The summed E-state index contributed by atoms with van der Waals surface area (Å²) >= 11 is 5.02. The third kappa shape index (κ3) is 7.13. The quantitative estimate of drug-likeness (QED) is 0.409. The van der Waals surface area contributed by atoms with E-state index in [1.807, 2.05) is 0 Å². The molecule has 2 N–H and O–H groups in total. The lowest BCUT2D eigenvalue weighted by Crippen LogP contribution is -2.45. The molecule has 0 saturated carbocycles. The third-order valence-electron chi connectivity index (χ3n) is 1.80. The molecule has 0 amide bonds. The van der Waals surface area contributed by atoms with Gasteiger partial charge in [-0.2, -0.15) is 0 Å². The van der Waals surface area contributed by atoms with Gasteiger partial charge in [0, 0.05) is 6.54 Å². The second-order valence-electron chi connectivity index (χ2n) is 3.23. The molecule has 5 heteroatoms. The van der Waals surface area contributed by atoms with Crippen molar-refractivity contribution in [1.82, 2.24) is 10.6 Å². The summed E-state index contributed by atoms with van der Waals surface area (Å²) in [5.74, 6) is -0.280. The number of unbranched alkanes of at least 4 members (excludes halogenated alkanes) is 1. The summed E-state index contributed by atoms with van der Waals surface area (Å²) in [5.41, 5.74) is 0. The maximum absolute atomic E-state index is 11.2. The predicted octanol–water partition coefficient (Wildman–Crippen LogP) is 1.20. The van der Waals surface area contributed by atoms with Crippen molar-refractivity contribution in [1.29, 1.82) is 0 Å². The van der Waals surface area contributed by atoms with Crippen molar-refractivity contribution in [3.8, 4) is 0 Å². The van der Waals surface area contributed by atoms with Gasteiger partial charge in [-0.25, -0.2) is 4.79 Å². The standard InChI is InChI=1S/C10H20N2O2S/c1-4-6-7-11-10(15)12-8(3)9(13)14-5-2/h8H,4-7H2,1-3H3,(H2,11,12,15). The number of rotatable bonds is 6. The second-order valence-corrected chi connectivity index (χ2v) is 3.64. The summed E-state index contributed by atoms with van der Waals surface area (Å²) in [7, 11) is 0. The molecule has 0 spiro atoms. The zero-order valence-corrected chi connectivity index (χ0v) is 10.4. The summed E-state index contributed by atoms with van der Waals surface area (Å²) in [6, 6.07) is -0.397. The van der Waals surface area contributed by atoms with Crippen molar-refractivity contribution in [3.05, 3.63) is 0 Å². The van der Waals surface area contributed by atoms with Crippen molar-refractivity contribution in [3.63, 3.8) is 0 Å². The summed E-state index contributed by atoms with van der Waals surface area (Å²) in [6.45, 7) is 6.84. The summed E-state index contributed by atoms with van der Waals surface area (Å²) in [5, 5.41) is 6.40. The van der Waals surface area contributed by atoms with Crippen LogP contribution in [0.5, 0.6) is 0 Å². The molecule has 0 heterocycles. The van der Waals surface area contributed by atoms with Gasteiger partial charge in [-0.1, -0.05) is 13.3 Å². The van der Waals surface area contributed by atoms with Crippen molar-refractivity contribution < 1.29 is 9.53 Å². The highest BCUT2D eigenvalue weighted by atomic mass is 32.1. The van der Waals surface area contributed by atoms with E-state index in [-0.39, 0.29) is 5.97 Å². The van der Waals surface area contributed by atoms with Crippen LogP contribution in [0.2, 0.25) is 0 Å². The van der Waals surface area contributed by atoms with Gasteiger partial charge in [0.05, 0.1) is 6.61 Å². The zero-order valence-electron chi connectivity index (χ0n) is 9.63. The van der Waals surface area contributed by atoms with Gasteiger partial charge in [0.2, 0.25) is 0 Å². The number of thiocarbonyl (C=S) groups is 1. The van der Waals surface area contributed by atoms with E-state index >= 15 is 0 Å². The molecule has 0 aromatic rings. The number of carbonyl (C=O) groups excluding carboxylic acids is 1. The first-order valence-corrected chi connectivity index (χ1v) is 5.73. The molecule has 4 nitrogen and oxygen atoms in total. The molecule has 1 atom stereocenters. The van der Waals surface area contributed by atoms with Crippen LogP contribution < -0.4 is 10.6 Å². The minimum Gasteiger partial charge on any atom is -0.464 e. The summed E-state index contributed by atoms with van der Waals surface area (Å²) in [4.78, 5) is 11.2. The molecular weight excluding hydrogens is 212 g/mol. The Morgan fingerprint density at radius 2 is 2.13 bits per heavy atom. The fourth-order valence-corrected chi connectivity index (χ4v) is 1.23. The highest BCUT2D eigenvalue weighted by Gasteiger charge is 2.13. The van der Waals surface area contributed by atoms with Crippen LogP contribution >= 0.6 is 12.2 Å². The predicted molar refractivity (Wildman–Crippen MR) is 64.7 cm³/mol. The average molecular weight is 232 g/mol. The van der Waals surface area contributed by atoms with Gasteiger partial charge >= 0.3 is 5.97 Å². The van der Waals surface area contributed by atoms with E-state index in [2.05, 4.69) is 17.6 Å². The number of ether oxygens (including phenoxy) is 1. The Hall–Kier alpha value is -0.840. The average Bonchev–Trinajstić information content (AvgIpc) is 2.18.